The summed E-state index contributed by atoms with van der Waals surface area (Å²) in [6.07, 6.45) is 0.554. The van der Waals surface area contributed by atoms with Gasteiger partial charge in [-0.1, -0.05) is 60.7 Å². The molecule has 7 nitrogen and oxygen atoms in total. The van der Waals surface area contributed by atoms with Crippen LogP contribution < -0.4 is 16.0 Å². The summed E-state index contributed by atoms with van der Waals surface area (Å²) >= 11 is 5.17. The van der Waals surface area contributed by atoms with Crippen LogP contribution in [0.25, 0.3) is 0 Å². The highest BCUT2D eigenvalue weighted by Crippen LogP contribution is 2.14. The molecule has 3 rings (SSSR count). The zero-order valence-electron chi connectivity index (χ0n) is 20.0. The minimum absolute atomic E-state index is 0.0333. The largest absolute Gasteiger partial charge is 0.465 e. The van der Waals surface area contributed by atoms with Crippen molar-refractivity contribution >= 4 is 40.8 Å². The van der Waals surface area contributed by atoms with Crippen molar-refractivity contribution in [2.45, 2.75) is 32.2 Å². The molecule has 1 unspecified atom stereocenters. The molecule has 3 aromatic carbocycles. The lowest BCUT2D eigenvalue weighted by molar-refractivity contribution is -0.144. The zero-order valence-corrected chi connectivity index (χ0v) is 20.8. The van der Waals surface area contributed by atoms with Crippen LogP contribution in [0.2, 0.25) is 0 Å². The molecular formula is C28H29N3O4S. The molecule has 186 valence electrons. The van der Waals surface area contributed by atoms with Crippen molar-refractivity contribution in [1.82, 2.24) is 10.6 Å². The number of ether oxygens (including phenoxy) is 1. The lowest BCUT2D eigenvalue weighted by atomic mass is 10.1. The Bertz CT molecular complexity index is 1170. The van der Waals surface area contributed by atoms with Crippen molar-refractivity contribution < 1.29 is 19.1 Å². The highest BCUT2D eigenvalue weighted by atomic mass is 32.1. The topological polar surface area (TPSA) is 96.5 Å². The fourth-order valence-corrected chi connectivity index (χ4v) is 3.61. The number of hydrogen-bond donors (Lipinski definition) is 3. The van der Waals surface area contributed by atoms with Gasteiger partial charge in [0, 0.05) is 24.1 Å². The summed E-state index contributed by atoms with van der Waals surface area (Å²) in [5.41, 5.74) is 3.22. The summed E-state index contributed by atoms with van der Waals surface area (Å²) in [5, 5.41) is 8.51. The summed E-state index contributed by atoms with van der Waals surface area (Å²) in [6.45, 7) is 2.19. The molecule has 0 aromatic heterocycles. The molecule has 0 radical (unpaired) electrons. The van der Waals surface area contributed by atoms with Crippen LogP contribution in [0.3, 0.4) is 0 Å². The molecule has 2 amide bonds. The smallest absolute Gasteiger partial charge is 0.306 e. The molecule has 0 aliphatic rings. The highest BCUT2D eigenvalue weighted by Gasteiger charge is 2.12. The van der Waals surface area contributed by atoms with E-state index in [0.29, 0.717) is 17.7 Å². The van der Waals surface area contributed by atoms with Gasteiger partial charge in [-0.2, -0.15) is 0 Å². The zero-order chi connectivity index (χ0) is 25.8. The molecule has 36 heavy (non-hydrogen) atoms. The summed E-state index contributed by atoms with van der Waals surface area (Å²) in [5.74, 6) is -1.02. The normalized spacial score (nSPS) is 11.1. The van der Waals surface area contributed by atoms with Crippen LogP contribution in [0, 0.1) is 0 Å². The fraction of sp³-hybridized carbons (Fsp3) is 0.214. The van der Waals surface area contributed by atoms with Gasteiger partial charge in [0.15, 0.2) is 5.11 Å². The molecule has 0 saturated heterocycles. The van der Waals surface area contributed by atoms with E-state index in [1.54, 1.807) is 24.3 Å². The van der Waals surface area contributed by atoms with Crippen LogP contribution >= 0.6 is 12.2 Å². The number of anilines is 1. The van der Waals surface area contributed by atoms with Crippen molar-refractivity contribution in [2.24, 2.45) is 0 Å². The predicted molar refractivity (Wildman–Crippen MR) is 143 cm³/mol. The maximum absolute atomic E-state index is 12.5. The van der Waals surface area contributed by atoms with E-state index >= 15 is 0 Å². The first-order valence-corrected chi connectivity index (χ1v) is 12.1. The number of benzene rings is 3. The number of carbonyl (C=O) groups is 3. The van der Waals surface area contributed by atoms with Crippen LogP contribution in [0.1, 0.15) is 47.3 Å². The van der Waals surface area contributed by atoms with E-state index in [1.807, 2.05) is 67.6 Å². The molecule has 0 spiro atoms. The van der Waals surface area contributed by atoms with E-state index in [2.05, 4.69) is 16.0 Å². The summed E-state index contributed by atoms with van der Waals surface area (Å²) in [4.78, 5) is 36.5. The van der Waals surface area contributed by atoms with Gasteiger partial charge in [-0.3, -0.25) is 14.4 Å². The Morgan fingerprint density at radius 1 is 0.861 bits per heavy atom. The molecule has 0 fully saturated rings. The molecule has 3 aromatic rings. The van der Waals surface area contributed by atoms with Crippen LogP contribution in [0.5, 0.6) is 0 Å². The average molecular weight is 504 g/mol. The van der Waals surface area contributed by atoms with Crippen molar-refractivity contribution in [2.75, 3.05) is 11.9 Å². The number of carbonyl (C=O) groups excluding carboxylic acids is 3. The third-order valence-corrected chi connectivity index (χ3v) is 5.56. The molecule has 1 atom stereocenters. The third-order valence-electron chi connectivity index (χ3n) is 5.36. The van der Waals surface area contributed by atoms with Gasteiger partial charge in [-0.25, -0.2) is 0 Å². The Morgan fingerprint density at radius 3 is 2.17 bits per heavy atom. The second-order valence-electron chi connectivity index (χ2n) is 8.14. The number of hydrogen-bond acceptors (Lipinski definition) is 5. The molecule has 0 heterocycles. The molecular weight excluding hydrogens is 474 g/mol. The van der Waals surface area contributed by atoms with Gasteiger partial charge in [0.25, 0.3) is 5.91 Å². The van der Waals surface area contributed by atoms with Crippen LogP contribution in [0.15, 0.2) is 84.9 Å². The van der Waals surface area contributed by atoms with Crippen LogP contribution in [-0.2, 0) is 20.7 Å². The summed E-state index contributed by atoms with van der Waals surface area (Å²) in [7, 11) is 0. The first-order valence-electron chi connectivity index (χ1n) is 11.7. The van der Waals surface area contributed by atoms with E-state index in [1.165, 1.54) is 0 Å². The van der Waals surface area contributed by atoms with Crippen molar-refractivity contribution in [1.29, 1.82) is 0 Å². The van der Waals surface area contributed by atoms with Crippen LogP contribution in [-0.4, -0.2) is 29.5 Å². The van der Waals surface area contributed by atoms with Gasteiger partial charge < -0.3 is 20.7 Å². The monoisotopic (exact) mass is 503 g/mol. The van der Waals surface area contributed by atoms with Crippen molar-refractivity contribution in [3.63, 3.8) is 0 Å². The fourth-order valence-electron chi connectivity index (χ4n) is 3.38. The van der Waals surface area contributed by atoms with Gasteiger partial charge in [0.1, 0.15) is 0 Å². The minimum Gasteiger partial charge on any atom is -0.465 e. The Morgan fingerprint density at radius 2 is 1.50 bits per heavy atom. The van der Waals surface area contributed by atoms with Crippen LogP contribution in [0.4, 0.5) is 5.69 Å². The molecule has 0 saturated carbocycles. The maximum Gasteiger partial charge on any atom is 0.306 e. The standard InChI is InChI=1S/C28H29N3O4S/c1-20(22-10-6-3-7-11-22)29-27(34)23-12-14-24(15-13-23)30-28(36)31-25(32)16-17-26(33)35-19-18-21-8-4-2-5-9-21/h2-15,20H,16-19H2,1H3,(H,29,34)(H2,30,31,32,36). The quantitative estimate of drug-likeness (QED) is 0.277. The Hall–Kier alpha value is -4.04. The van der Waals surface area contributed by atoms with Gasteiger partial charge in [-0.05, 0) is 54.5 Å². The average Bonchev–Trinajstić information content (AvgIpc) is 2.89. The van der Waals surface area contributed by atoms with Gasteiger partial charge in [0.2, 0.25) is 5.91 Å². The lowest BCUT2D eigenvalue weighted by Gasteiger charge is -2.15. The second-order valence-corrected chi connectivity index (χ2v) is 8.55. The number of nitrogens with one attached hydrogen (secondary N) is 3. The number of esters is 1. The first kappa shape index (κ1) is 26.6. The number of rotatable bonds is 10. The second kappa shape index (κ2) is 13.7. The predicted octanol–water partition coefficient (Wildman–Crippen LogP) is 4.56. The van der Waals surface area contributed by atoms with Gasteiger partial charge >= 0.3 is 5.97 Å². The Kier molecular flexibility index (Phi) is 10.1. The highest BCUT2D eigenvalue weighted by molar-refractivity contribution is 7.80. The van der Waals surface area contributed by atoms with Crippen molar-refractivity contribution in [3.05, 3.63) is 102 Å². The van der Waals surface area contributed by atoms with E-state index in [-0.39, 0.29) is 36.5 Å². The van der Waals surface area contributed by atoms with Crippen molar-refractivity contribution in [3.8, 4) is 0 Å². The lowest BCUT2D eigenvalue weighted by Crippen LogP contribution is -2.34. The minimum atomic E-state index is -0.435. The Labute approximate surface area is 216 Å². The van der Waals surface area contributed by atoms with E-state index in [9.17, 15) is 14.4 Å². The van der Waals surface area contributed by atoms with E-state index in [4.69, 9.17) is 17.0 Å². The third kappa shape index (κ3) is 8.96. The molecule has 0 aliphatic heterocycles. The first-order chi connectivity index (χ1) is 17.4. The number of thiocarbonyl (C=S) groups is 1. The van der Waals surface area contributed by atoms with E-state index in [0.717, 1.165) is 11.1 Å². The molecule has 8 heteroatoms. The SMILES string of the molecule is CC(NC(=O)c1ccc(NC(=S)NC(=O)CCC(=O)OCCc2ccccc2)cc1)c1ccccc1. The molecule has 0 bridgehead atoms. The summed E-state index contributed by atoms with van der Waals surface area (Å²) in [6, 6.07) is 26.0. The van der Waals surface area contributed by atoms with Gasteiger partial charge in [0.05, 0.1) is 19.1 Å². The Balaban J connectivity index is 1.36. The van der Waals surface area contributed by atoms with E-state index < -0.39 is 11.9 Å². The maximum atomic E-state index is 12.5. The molecule has 3 N–H and O–H groups in total. The molecule has 0 aliphatic carbocycles. The van der Waals surface area contributed by atoms with Gasteiger partial charge in [-0.15, -0.1) is 0 Å². The summed E-state index contributed by atoms with van der Waals surface area (Å²) < 4.78 is 5.18. The number of amides is 2.